The van der Waals surface area contributed by atoms with Gasteiger partial charge in [0.15, 0.2) is 5.76 Å². The van der Waals surface area contributed by atoms with Crippen LogP contribution in [0.2, 0.25) is 0 Å². The number of nitrogens with zero attached hydrogens (tertiary/aromatic N) is 2. The molecule has 2 aromatic rings. The summed E-state index contributed by atoms with van der Waals surface area (Å²) >= 11 is 0. The van der Waals surface area contributed by atoms with Crippen LogP contribution in [-0.4, -0.2) is 53.6 Å². The Labute approximate surface area is 183 Å². The highest BCUT2D eigenvalue weighted by Crippen LogP contribution is 2.21. The number of aryl methyl sites for hydroxylation is 2. The molecule has 168 valence electrons. The molecular weight excluding hydrogens is 396 g/mol. The lowest BCUT2D eigenvalue weighted by Crippen LogP contribution is -2.40. The van der Waals surface area contributed by atoms with Crippen LogP contribution in [0.4, 0.5) is 4.79 Å². The van der Waals surface area contributed by atoms with Crippen molar-refractivity contribution in [3.05, 3.63) is 53.0 Å². The predicted octanol–water partition coefficient (Wildman–Crippen LogP) is 4.56. The molecule has 1 saturated heterocycles. The maximum Gasteiger partial charge on any atom is 0.410 e. The first-order valence-electron chi connectivity index (χ1n) is 10.7. The van der Waals surface area contributed by atoms with Crippen molar-refractivity contribution >= 4 is 12.0 Å². The van der Waals surface area contributed by atoms with Gasteiger partial charge in [0.1, 0.15) is 23.7 Å². The van der Waals surface area contributed by atoms with Crippen molar-refractivity contribution in [1.29, 1.82) is 0 Å². The van der Waals surface area contributed by atoms with E-state index in [4.69, 9.17) is 13.9 Å². The number of benzene rings is 1. The van der Waals surface area contributed by atoms with Crippen LogP contribution in [0.25, 0.3) is 0 Å². The van der Waals surface area contributed by atoms with Gasteiger partial charge >= 0.3 is 6.09 Å². The zero-order chi connectivity index (χ0) is 22.6. The van der Waals surface area contributed by atoms with E-state index in [1.807, 2.05) is 52.8 Å². The molecule has 1 aliphatic heterocycles. The van der Waals surface area contributed by atoms with E-state index in [-0.39, 0.29) is 24.4 Å². The Hall–Kier alpha value is -2.96. The number of ether oxygens (including phenoxy) is 2. The molecule has 0 radical (unpaired) electrons. The molecule has 0 N–H and O–H groups in total. The SMILES string of the molecule is Cc1ccc(C)c(OCc2ccc(C(=O)N3CCCN(C(=O)OC(C)(C)C)CC3)o2)c1. The molecule has 1 fully saturated rings. The molecule has 3 rings (SSSR count). The van der Waals surface area contributed by atoms with Gasteiger partial charge < -0.3 is 23.7 Å². The third kappa shape index (κ3) is 6.26. The molecule has 1 aromatic heterocycles. The average Bonchev–Trinajstić information content (AvgIpc) is 3.02. The van der Waals surface area contributed by atoms with Gasteiger partial charge in [-0.1, -0.05) is 12.1 Å². The summed E-state index contributed by atoms with van der Waals surface area (Å²) < 4.78 is 17.1. The summed E-state index contributed by atoms with van der Waals surface area (Å²) in [6.45, 7) is 11.8. The third-order valence-corrected chi connectivity index (χ3v) is 5.02. The minimum absolute atomic E-state index is 0.177. The molecule has 31 heavy (non-hydrogen) atoms. The van der Waals surface area contributed by atoms with E-state index in [0.717, 1.165) is 16.9 Å². The van der Waals surface area contributed by atoms with Crippen molar-refractivity contribution in [2.45, 2.75) is 53.2 Å². The largest absolute Gasteiger partial charge is 0.485 e. The first-order chi connectivity index (χ1) is 14.6. The molecule has 0 aliphatic carbocycles. The number of hydrogen-bond acceptors (Lipinski definition) is 5. The molecular formula is C24H32N2O5. The van der Waals surface area contributed by atoms with Gasteiger partial charge in [0.2, 0.25) is 0 Å². The van der Waals surface area contributed by atoms with E-state index in [9.17, 15) is 9.59 Å². The Morgan fingerprint density at radius 2 is 1.71 bits per heavy atom. The highest BCUT2D eigenvalue weighted by molar-refractivity contribution is 5.91. The summed E-state index contributed by atoms with van der Waals surface area (Å²) in [6, 6.07) is 9.49. The second-order valence-electron chi connectivity index (χ2n) is 8.94. The van der Waals surface area contributed by atoms with Crippen LogP contribution in [0, 0.1) is 13.8 Å². The number of carbonyl (C=O) groups is 2. The van der Waals surface area contributed by atoms with Crippen LogP contribution in [0.15, 0.2) is 34.7 Å². The summed E-state index contributed by atoms with van der Waals surface area (Å²) in [7, 11) is 0. The van der Waals surface area contributed by atoms with Gasteiger partial charge in [0.25, 0.3) is 5.91 Å². The van der Waals surface area contributed by atoms with Gasteiger partial charge in [-0.15, -0.1) is 0 Å². The lowest BCUT2D eigenvalue weighted by Gasteiger charge is -2.26. The Morgan fingerprint density at radius 1 is 1.00 bits per heavy atom. The fourth-order valence-corrected chi connectivity index (χ4v) is 3.37. The predicted molar refractivity (Wildman–Crippen MR) is 117 cm³/mol. The van der Waals surface area contributed by atoms with Crippen molar-refractivity contribution in [2.75, 3.05) is 26.2 Å². The van der Waals surface area contributed by atoms with E-state index in [2.05, 4.69) is 0 Å². The number of carbonyl (C=O) groups excluding carboxylic acids is 2. The monoisotopic (exact) mass is 428 g/mol. The van der Waals surface area contributed by atoms with E-state index in [1.54, 1.807) is 21.9 Å². The lowest BCUT2D eigenvalue weighted by molar-refractivity contribution is 0.0255. The van der Waals surface area contributed by atoms with Crippen molar-refractivity contribution in [3.8, 4) is 5.75 Å². The summed E-state index contributed by atoms with van der Waals surface area (Å²) in [6.07, 6.45) is 0.347. The average molecular weight is 429 g/mol. The molecule has 0 spiro atoms. The van der Waals surface area contributed by atoms with E-state index in [1.165, 1.54) is 0 Å². The van der Waals surface area contributed by atoms with Crippen molar-refractivity contribution < 1.29 is 23.5 Å². The third-order valence-electron chi connectivity index (χ3n) is 5.02. The molecule has 1 aliphatic rings. The first kappa shape index (κ1) is 22.7. The van der Waals surface area contributed by atoms with Crippen LogP contribution >= 0.6 is 0 Å². The number of amides is 2. The summed E-state index contributed by atoms with van der Waals surface area (Å²) in [5, 5.41) is 0. The molecule has 0 unspecified atom stereocenters. The first-order valence-corrected chi connectivity index (χ1v) is 10.7. The van der Waals surface area contributed by atoms with Gasteiger partial charge in [-0.25, -0.2) is 4.79 Å². The molecule has 2 heterocycles. The molecule has 0 bridgehead atoms. The minimum Gasteiger partial charge on any atom is -0.485 e. The van der Waals surface area contributed by atoms with Gasteiger partial charge in [0.05, 0.1) is 0 Å². The van der Waals surface area contributed by atoms with Gasteiger partial charge in [-0.3, -0.25) is 4.79 Å². The van der Waals surface area contributed by atoms with Crippen LogP contribution in [0.3, 0.4) is 0 Å². The quantitative estimate of drug-likeness (QED) is 0.714. The van der Waals surface area contributed by atoms with E-state index < -0.39 is 5.60 Å². The fraction of sp³-hybridized carbons (Fsp3) is 0.500. The van der Waals surface area contributed by atoms with E-state index in [0.29, 0.717) is 38.4 Å². The molecule has 7 nitrogen and oxygen atoms in total. The van der Waals surface area contributed by atoms with Crippen LogP contribution in [0.1, 0.15) is 54.6 Å². The molecule has 0 saturated carbocycles. The van der Waals surface area contributed by atoms with Crippen LogP contribution < -0.4 is 4.74 Å². The lowest BCUT2D eigenvalue weighted by atomic mass is 10.1. The summed E-state index contributed by atoms with van der Waals surface area (Å²) in [5.74, 6) is 1.50. The van der Waals surface area contributed by atoms with Gasteiger partial charge in [0, 0.05) is 26.2 Å². The number of rotatable bonds is 4. The maximum absolute atomic E-state index is 12.9. The Kier molecular flexibility index (Phi) is 6.93. The Balaban J connectivity index is 1.56. The standard InChI is InChI=1S/C24H32N2O5/c1-17-7-8-18(2)21(15-17)29-16-19-9-10-20(30-19)22(27)25-11-6-12-26(14-13-25)23(28)31-24(3,4)5/h7-10,15H,6,11-14,16H2,1-5H3. The molecule has 7 heteroatoms. The second kappa shape index (κ2) is 9.45. The second-order valence-corrected chi connectivity index (χ2v) is 8.94. The zero-order valence-electron chi connectivity index (χ0n) is 19.1. The zero-order valence-corrected chi connectivity index (χ0v) is 19.1. The van der Waals surface area contributed by atoms with Crippen molar-refractivity contribution in [2.24, 2.45) is 0 Å². The topological polar surface area (TPSA) is 72.2 Å². The molecule has 0 atom stereocenters. The Bertz CT molecular complexity index is 928. The Morgan fingerprint density at radius 3 is 2.45 bits per heavy atom. The summed E-state index contributed by atoms with van der Waals surface area (Å²) in [5.41, 5.74) is 1.63. The van der Waals surface area contributed by atoms with Gasteiger partial charge in [-0.05, 0) is 70.4 Å². The van der Waals surface area contributed by atoms with Crippen molar-refractivity contribution in [3.63, 3.8) is 0 Å². The molecule has 2 amide bonds. The fourth-order valence-electron chi connectivity index (χ4n) is 3.37. The molecule has 1 aromatic carbocycles. The minimum atomic E-state index is -0.539. The highest BCUT2D eigenvalue weighted by atomic mass is 16.6. The normalized spacial score (nSPS) is 14.9. The van der Waals surface area contributed by atoms with Crippen molar-refractivity contribution in [1.82, 2.24) is 9.80 Å². The smallest absolute Gasteiger partial charge is 0.410 e. The highest BCUT2D eigenvalue weighted by Gasteiger charge is 2.27. The maximum atomic E-state index is 12.9. The summed E-state index contributed by atoms with van der Waals surface area (Å²) in [4.78, 5) is 28.6. The van der Waals surface area contributed by atoms with Crippen LogP contribution in [0.5, 0.6) is 5.75 Å². The van der Waals surface area contributed by atoms with Gasteiger partial charge in [-0.2, -0.15) is 0 Å². The van der Waals surface area contributed by atoms with Crippen LogP contribution in [-0.2, 0) is 11.3 Å². The number of furan rings is 1. The number of hydrogen-bond donors (Lipinski definition) is 0. The van der Waals surface area contributed by atoms with E-state index >= 15 is 0 Å².